The number of ketones is 1. The summed E-state index contributed by atoms with van der Waals surface area (Å²) in [6.45, 7) is 4.15. The van der Waals surface area contributed by atoms with Gasteiger partial charge in [0.15, 0.2) is 5.78 Å². The van der Waals surface area contributed by atoms with Gasteiger partial charge in [0, 0.05) is 13.1 Å². The highest BCUT2D eigenvalue weighted by molar-refractivity contribution is 7.99. The number of hydrazine groups is 1. The van der Waals surface area contributed by atoms with Crippen molar-refractivity contribution in [3.63, 3.8) is 0 Å². The van der Waals surface area contributed by atoms with Gasteiger partial charge in [-0.1, -0.05) is 0 Å². The predicted molar refractivity (Wildman–Crippen MR) is 62.9 cm³/mol. The van der Waals surface area contributed by atoms with E-state index in [-0.39, 0.29) is 5.78 Å². The van der Waals surface area contributed by atoms with Gasteiger partial charge in [-0.25, -0.2) is 14.2 Å². The summed E-state index contributed by atoms with van der Waals surface area (Å²) in [6.07, 6.45) is 0. The lowest BCUT2D eigenvalue weighted by Crippen LogP contribution is -2.44. The second-order valence-corrected chi connectivity index (χ2v) is 4.00. The second-order valence-electron chi connectivity index (χ2n) is 3.27. The molecule has 0 spiro atoms. The quantitative estimate of drug-likeness (QED) is 0.520. The minimum atomic E-state index is -0.501. The maximum Gasteiger partial charge on any atom is 0.326 e. The first kappa shape index (κ1) is 12.9. The van der Waals surface area contributed by atoms with Crippen molar-refractivity contribution in [2.45, 2.75) is 6.92 Å². The summed E-state index contributed by atoms with van der Waals surface area (Å²) in [6, 6.07) is -0.501. The molecule has 0 radical (unpaired) electrons. The third-order valence-corrected chi connectivity index (χ3v) is 2.72. The topological polar surface area (TPSA) is 99.8 Å². The number of Topliss-reactive ketones (excluding diaryl/α,β-unsaturated/α-hetero) is 1. The first-order chi connectivity index (χ1) is 7.59. The van der Waals surface area contributed by atoms with Crippen LogP contribution in [-0.4, -0.2) is 48.0 Å². The molecule has 0 aromatic heterocycles. The van der Waals surface area contributed by atoms with Gasteiger partial charge < -0.3 is 11.1 Å². The standard InChI is InChI=1S/C4H10N4O.C4H5NOS/c5-4(9)7-8-2-1-6-3-8;1-3-4(6)2-7-5-3/h6H,1-3H2,(H3,5,7,9);2H2,1H3. The molecule has 0 aliphatic carbocycles. The summed E-state index contributed by atoms with van der Waals surface area (Å²) < 4.78 is 3.80. The summed E-state index contributed by atoms with van der Waals surface area (Å²) in [5, 5.41) is 4.76. The van der Waals surface area contributed by atoms with E-state index >= 15 is 0 Å². The van der Waals surface area contributed by atoms with E-state index in [4.69, 9.17) is 5.73 Å². The Kier molecular flexibility index (Phi) is 5.23. The number of primary amides is 1. The molecule has 90 valence electrons. The summed E-state index contributed by atoms with van der Waals surface area (Å²) >= 11 is 1.33. The Morgan fingerprint density at radius 2 is 2.44 bits per heavy atom. The Morgan fingerprint density at radius 3 is 2.75 bits per heavy atom. The molecule has 2 aliphatic rings. The molecule has 8 heteroatoms. The minimum absolute atomic E-state index is 0.171. The minimum Gasteiger partial charge on any atom is -0.351 e. The lowest BCUT2D eigenvalue weighted by atomic mass is 10.3. The van der Waals surface area contributed by atoms with Crippen molar-refractivity contribution >= 4 is 29.5 Å². The van der Waals surface area contributed by atoms with Gasteiger partial charge in [-0.2, -0.15) is 0 Å². The fraction of sp³-hybridized carbons (Fsp3) is 0.625. The van der Waals surface area contributed by atoms with Gasteiger partial charge in [-0.3, -0.25) is 10.2 Å². The van der Waals surface area contributed by atoms with Gasteiger partial charge in [-0.05, 0) is 18.9 Å². The molecule has 4 N–H and O–H groups in total. The number of urea groups is 1. The monoisotopic (exact) mass is 245 g/mol. The zero-order valence-corrected chi connectivity index (χ0v) is 9.84. The van der Waals surface area contributed by atoms with E-state index in [0.717, 1.165) is 13.1 Å². The molecule has 0 atom stereocenters. The van der Waals surface area contributed by atoms with Crippen molar-refractivity contribution < 1.29 is 9.59 Å². The van der Waals surface area contributed by atoms with E-state index in [1.807, 2.05) is 0 Å². The van der Waals surface area contributed by atoms with E-state index < -0.39 is 6.03 Å². The number of carbonyl (C=O) groups is 2. The molecule has 2 rings (SSSR count). The number of nitrogens with one attached hydrogen (secondary N) is 2. The smallest absolute Gasteiger partial charge is 0.326 e. The van der Waals surface area contributed by atoms with Gasteiger partial charge in [0.1, 0.15) is 0 Å². The molecular formula is C8H15N5O2S. The third-order valence-electron chi connectivity index (χ3n) is 1.93. The van der Waals surface area contributed by atoms with Crippen molar-refractivity contribution in [1.82, 2.24) is 15.8 Å². The molecule has 1 saturated heterocycles. The maximum absolute atomic E-state index is 10.4. The van der Waals surface area contributed by atoms with E-state index in [2.05, 4.69) is 15.1 Å². The largest absolute Gasteiger partial charge is 0.351 e. The van der Waals surface area contributed by atoms with E-state index in [9.17, 15) is 9.59 Å². The Hall–Kier alpha value is -1.12. The average Bonchev–Trinajstić information content (AvgIpc) is 2.80. The Morgan fingerprint density at radius 1 is 1.69 bits per heavy atom. The number of hydrogen-bond donors (Lipinski definition) is 3. The number of nitrogens with two attached hydrogens (primary N) is 1. The summed E-state index contributed by atoms with van der Waals surface area (Å²) in [5.74, 6) is 0.719. The highest BCUT2D eigenvalue weighted by Gasteiger charge is 2.11. The fourth-order valence-corrected chi connectivity index (χ4v) is 1.79. The van der Waals surface area contributed by atoms with Gasteiger partial charge in [-0.15, -0.1) is 0 Å². The normalized spacial score (nSPS) is 20.1. The first-order valence-electron chi connectivity index (χ1n) is 4.81. The van der Waals surface area contributed by atoms with Crippen molar-refractivity contribution in [2.75, 3.05) is 25.5 Å². The van der Waals surface area contributed by atoms with Crippen LogP contribution >= 0.6 is 11.9 Å². The van der Waals surface area contributed by atoms with E-state index in [1.165, 1.54) is 11.9 Å². The van der Waals surface area contributed by atoms with E-state index in [0.29, 0.717) is 18.1 Å². The third kappa shape index (κ3) is 4.60. The van der Waals surface area contributed by atoms with Crippen LogP contribution in [0, 0.1) is 0 Å². The molecule has 16 heavy (non-hydrogen) atoms. The number of carbonyl (C=O) groups excluding carboxylic acids is 2. The lowest BCUT2D eigenvalue weighted by molar-refractivity contribution is -0.110. The van der Waals surface area contributed by atoms with Crippen LogP contribution < -0.4 is 16.5 Å². The molecule has 2 heterocycles. The SMILES string of the molecule is CC1=NSCC1=O.NC(=O)NN1CCNC1. The molecule has 0 unspecified atom stereocenters. The van der Waals surface area contributed by atoms with Crippen LogP contribution in [0.1, 0.15) is 6.92 Å². The van der Waals surface area contributed by atoms with Crippen molar-refractivity contribution in [1.29, 1.82) is 0 Å². The highest BCUT2D eigenvalue weighted by atomic mass is 32.2. The van der Waals surface area contributed by atoms with Gasteiger partial charge >= 0.3 is 6.03 Å². The fourth-order valence-electron chi connectivity index (χ4n) is 1.10. The summed E-state index contributed by atoms with van der Waals surface area (Å²) in [7, 11) is 0. The number of hydrogen-bond acceptors (Lipinski definition) is 6. The van der Waals surface area contributed by atoms with Crippen molar-refractivity contribution in [3.8, 4) is 0 Å². The molecule has 0 saturated carbocycles. The summed E-state index contributed by atoms with van der Waals surface area (Å²) in [4.78, 5) is 20.6. The molecule has 0 aromatic carbocycles. The Labute approximate surface area is 97.9 Å². The van der Waals surface area contributed by atoms with Crippen LogP contribution in [0.15, 0.2) is 4.40 Å². The number of nitrogens with zero attached hydrogens (tertiary/aromatic N) is 2. The summed E-state index contributed by atoms with van der Waals surface area (Å²) in [5.41, 5.74) is 7.96. The molecule has 0 aromatic rings. The molecule has 2 amide bonds. The van der Waals surface area contributed by atoms with Gasteiger partial charge in [0.05, 0.1) is 18.1 Å². The first-order valence-corrected chi connectivity index (χ1v) is 5.75. The van der Waals surface area contributed by atoms with Crippen LogP contribution in [0.3, 0.4) is 0 Å². The van der Waals surface area contributed by atoms with Crippen molar-refractivity contribution in [2.24, 2.45) is 10.1 Å². The van der Waals surface area contributed by atoms with Crippen molar-refractivity contribution in [3.05, 3.63) is 0 Å². The molecule has 1 fully saturated rings. The molecular weight excluding hydrogens is 230 g/mol. The Bertz CT molecular complexity index is 301. The van der Waals surface area contributed by atoms with Crippen LogP contribution in [-0.2, 0) is 4.79 Å². The second kappa shape index (κ2) is 6.46. The van der Waals surface area contributed by atoms with Crippen LogP contribution in [0.2, 0.25) is 0 Å². The van der Waals surface area contributed by atoms with Crippen LogP contribution in [0.25, 0.3) is 0 Å². The molecule has 7 nitrogen and oxygen atoms in total. The highest BCUT2D eigenvalue weighted by Crippen LogP contribution is 2.10. The number of amides is 2. The number of rotatable bonds is 1. The average molecular weight is 245 g/mol. The maximum atomic E-state index is 10.4. The van der Waals surface area contributed by atoms with Gasteiger partial charge in [0.2, 0.25) is 0 Å². The predicted octanol–water partition coefficient (Wildman–Crippen LogP) is -0.889. The molecule has 2 aliphatic heterocycles. The lowest BCUT2D eigenvalue weighted by Gasteiger charge is -2.12. The zero-order valence-electron chi connectivity index (χ0n) is 9.02. The van der Waals surface area contributed by atoms with Crippen LogP contribution in [0.5, 0.6) is 0 Å². The Balaban J connectivity index is 0.000000165. The van der Waals surface area contributed by atoms with Crippen LogP contribution in [0.4, 0.5) is 4.79 Å². The molecule has 0 bridgehead atoms. The van der Waals surface area contributed by atoms with E-state index in [1.54, 1.807) is 11.9 Å². The van der Waals surface area contributed by atoms with Gasteiger partial charge in [0.25, 0.3) is 0 Å². The zero-order chi connectivity index (χ0) is 12.0.